The van der Waals surface area contributed by atoms with Gasteiger partial charge in [0.15, 0.2) is 0 Å². The molecular weight excluding hydrogens is 196 g/mol. The van der Waals surface area contributed by atoms with Gasteiger partial charge in [-0.3, -0.25) is 4.79 Å². The van der Waals surface area contributed by atoms with Crippen molar-refractivity contribution in [2.24, 2.45) is 5.92 Å². The average Bonchev–Trinajstić information content (AvgIpc) is 2.23. The van der Waals surface area contributed by atoms with E-state index < -0.39 is 0 Å². The van der Waals surface area contributed by atoms with Gasteiger partial charge in [-0.1, -0.05) is 13.8 Å². The monoisotopic (exact) mass is 216 g/mol. The van der Waals surface area contributed by atoms with Gasteiger partial charge in [-0.15, -0.1) is 0 Å². The van der Waals surface area contributed by atoms with Crippen LogP contribution in [0.4, 0.5) is 4.79 Å². The standard InChI is InChI=1S/C10H20N2O3/c1-4-8(3)9(13)15-7-6-12-10(14)11-5-2/h8H,4-7H2,1-3H3,(H2,11,12,14). The number of carbonyl (C=O) groups is 2. The molecule has 0 aliphatic carbocycles. The minimum Gasteiger partial charge on any atom is -0.464 e. The average molecular weight is 216 g/mol. The van der Waals surface area contributed by atoms with Gasteiger partial charge in [0.05, 0.1) is 12.5 Å². The number of rotatable bonds is 6. The maximum absolute atomic E-state index is 11.2. The molecule has 88 valence electrons. The number of urea groups is 1. The van der Waals surface area contributed by atoms with E-state index >= 15 is 0 Å². The summed E-state index contributed by atoms with van der Waals surface area (Å²) in [5, 5.41) is 5.15. The van der Waals surface area contributed by atoms with Crippen LogP contribution in [-0.2, 0) is 9.53 Å². The maximum atomic E-state index is 11.2. The fourth-order valence-electron chi connectivity index (χ4n) is 0.848. The van der Waals surface area contributed by atoms with Crippen molar-refractivity contribution in [1.29, 1.82) is 0 Å². The zero-order valence-corrected chi connectivity index (χ0v) is 9.63. The molecule has 0 saturated carbocycles. The molecule has 0 saturated heterocycles. The molecule has 0 radical (unpaired) electrons. The number of nitrogens with one attached hydrogen (secondary N) is 2. The van der Waals surface area contributed by atoms with E-state index in [1.54, 1.807) is 0 Å². The molecule has 5 heteroatoms. The second-order valence-electron chi connectivity index (χ2n) is 3.26. The van der Waals surface area contributed by atoms with Crippen molar-refractivity contribution in [3.8, 4) is 0 Å². The molecule has 0 rings (SSSR count). The molecule has 0 spiro atoms. The van der Waals surface area contributed by atoms with Gasteiger partial charge in [0.1, 0.15) is 6.61 Å². The molecule has 0 bridgehead atoms. The highest BCUT2D eigenvalue weighted by Crippen LogP contribution is 2.02. The molecule has 0 heterocycles. The molecule has 2 amide bonds. The van der Waals surface area contributed by atoms with Crippen LogP contribution < -0.4 is 10.6 Å². The van der Waals surface area contributed by atoms with Crippen LogP contribution in [0.15, 0.2) is 0 Å². The molecule has 0 aliphatic rings. The van der Waals surface area contributed by atoms with Crippen LogP contribution in [0, 0.1) is 5.92 Å². The summed E-state index contributed by atoms with van der Waals surface area (Å²) < 4.78 is 4.94. The first-order valence-corrected chi connectivity index (χ1v) is 5.30. The highest BCUT2D eigenvalue weighted by atomic mass is 16.5. The van der Waals surface area contributed by atoms with Crippen LogP contribution in [0.2, 0.25) is 0 Å². The Balaban J connectivity index is 3.46. The minimum atomic E-state index is -0.239. The minimum absolute atomic E-state index is 0.0746. The van der Waals surface area contributed by atoms with E-state index in [0.717, 1.165) is 6.42 Å². The lowest BCUT2D eigenvalue weighted by molar-refractivity contribution is -0.147. The van der Waals surface area contributed by atoms with Crippen LogP contribution in [-0.4, -0.2) is 31.7 Å². The first-order chi connectivity index (χ1) is 7.11. The molecule has 0 aromatic rings. The largest absolute Gasteiger partial charge is 0.464 e. The molecule has 0 aliphatic heterocycles. The van der Waals surface area contributed by atoms with Gasteiger partial charge in [0.2, 0.25) is 0 Å². The first kappa shape index (κ1) is 13.7. The van der Waals surface area contributed by atoms with Gasteiger partial charge in [0, 0.05) is 6.54 Å². The lowest BCUT2D eigenvalue weighted by Crippen LogP contribution is -2.37. The van der Waals surface area contributed by atoms with Crippen molar-refractivity contribution < 1.29 is 14.3 Å². The summed E-state index contributed by atoms with van der Waals surface area (Å²) in [6.07, 6.45) is 0.766. The van der Waals surface area contributed by atoms with Crippen molar-refractivity contribution in [3.05, 3.63) is 0 Å². The third-order valence-electron chi connectivity index (χ3n) is 1.98. The zero-order valence-electron chi connectivity index (χ0n) is 9.63. The van der Waals surface area contributed by atoms with Crippen molar-refractivity contribution in [2.75, 3.05) is 19.7 Å². The number of ether oxygens (including phenoxy) is 1. The van der Waals surface area contributed by atoms with Crippen LogP contribution in [0.25, 0.3) is 0 Å². The Morgan fingerprint density at radius 1 is 1.27 bits per heavy atom. The summed E-state index contributed by atoms with van der Waals surface area (Å²) in [5.41, 5.74) is 0. The summed E-state index contributed by atoms with van der Waals surface area (Å²) in [5.74, 6) is -0.287. The van der Waals surface area contributed by atoms with E-state index in [1.165, 1.54) is 0 Å². The third kappa shape index (κ3) is 6.76. The molecular formula is C10H20N2O3. The van der Waals surface area contributed by atoms with Crippen molar-refractivity contribution in [2.45, 2.75) is 27.2 Å². The fourth-order valence-corrected chi connectivity index (χ4v) is 0.848. The number of hydrogen-bond acceptors (Lipinski definition) is 3. The predicted octanol–water partition coefficient (Wildman–Crippen LogP) is 0.895. The van der Waals surface area contributed by atoms with E-state index in [0.29, 0.717) is 13.1 Å². The Labute approximate surface area is 90.6 Å². The first-order valence-electron chi connectivity index (χ1n) is 5.30. The highest BCUT2D eigenvalue weighted by Gasteiger charge is 2.11. The van der Waals surface area contributed by atoms with Crippen molar-refractivity contribution in [1.82, 2.24) is 10.6 Å². The lowest BCUT2D eigenvalue weighted by atomic mass is 10.1. The van der Waals surface area contributed by atoms with Crippen LogP contribution in [0.3, 0.4) is 0 Å². The van der Waals surface area contributed by atoms with Crippen LogP contribution in [0.1, 0.15) is 27.2 Å². The summed E-state index contributed by atoms with van der Waals surface area (Å²) >= 11 is 0. The number of carbonyl (C=O) groups excluding carboxylic acids is 2. The summed E-state index contributed by atoms with van der Waals surface area (Å²) in [6.45, 7) is 6.73. The zero-order chi connectivity index (χ0) is 11.7. The normalized spacial score (nSPS) is 11.7. The smallest absolute Gasteiger partial charge is 0.314 e. The third-order valence-corrected chi connectivity index (χ3v) is 1.98. The van der Waals surface area contributed by atoms with E-state index in [-0.39, 0.29) is 24.5 Å². The van der Waals surface area contributed by atoms with E-state index in [9.17, 15) is 9.59 Å². The molecule has 2 N–H and O–H groups in total. The molecule has 1 unspecified atom stereocenters. The predicted molar refractivity (Wildman–Crippen MR) is 57.5 cm³/mol. The fraction of sp³-hybridized carbons (Fsp3) is 0.800. The van der Waals surface area contributed by atoms with Gasteiger partial charge in [-0.05, 0) is 13.3 Å². The summed E-state index contributed by atoms with van der Waals surface area (Å²) in [6, 6.07) is -0.239. The number of hydrogen-bond donors (Lipinski definition) is 2. The van der Waals surface area contributed by atoms with Crippen LogP contribution in [0.5, 0.6) is 0 Å². The SMILES string of the molecule is CCNC(=O)NCCOC(=O)C(C)CC. The van der Waals surface area contributed by atoms with Gasteiger partial charge < -0.3 is 15.4 Å². The van der Waals surface area contributed by atoms with Gasteiger partial charge in [-0.2, -0.15) is 0 Å². The Morgan fingerprint density at radius 2 is 1.93 bits per heavy atom. The highest BCUT2D eigenvalue weighted by molar-refractivity contribution is 5.74. The molecule has 1 atom stereocenters. The van der Waals surface area contributed by atoms with Crippen molar-refractivity contribution >= 4 is 12.0 Å². The van der Waals surface area contributed by atoms with Crippen molar-refractivity contribution in [3.63, 3.8) is 0 Å². The maximum Gasteiger partial charge on any atom is 0.314 e. The van der Waals surface area contributed by atoms with E-state index in [1.807, 2.05) is 20.8 Å². The Kier molecular flexibility index (Phi) is 7.40. The Bertz CT molecular complexity index is 207. The second-order valence-corrected chi connectivity index (χ2v) is 3.26. The molecule has 0 fully saturated rings. The van der Waals surface area contributed by atoms with Gasteiger partial charge in [0.25, 0.3) is 0 Å². The topological polar surface area (TPSA) is 67.4 Å². The molecule has 0 aromatic heterocycles. The molecule has 15 heavy (non-hydrogen) atoms. The number of amides is 2. The van der Waals surface area contributed by atoms with Gasteiger partial charge >= 0.3 is 12.0 Å². The Hall–Kier alpha value is -1.26. The lowest BCUT2D eigenvalue weighted by Gasteiger charge is -2.09. The molecule has 5 nitrogen and oxygen atoms in total. The van der Waals surface area contributed by atoms with Gasteiger partial charge in [-0.25, -0.2) is 4.79 Å². The summed E-state index contributed by atoms with van der Waals surface area (Å²) in [4.78, 5) is 22.1. The molecule has 0 aromatic carbocycles. The number of esters is 1. The Morgan fingerprint density at radius 3 is 2.47 bits per heavy atom. The second kappa shape index (κ2) is 8.08. The van der Waals surface area contributed by atoms with E-state index in [2.05, 4.69) is 10.6 Å². The van der Waals surface area contributed by atoms with E-state index in [4.69, 9.17) is 4.74 Å². The summed E-state index contributed by atoms with van der Waals surface area (Å²) in [7, 11) is 0. The quantitative estimate of drug-likeness (QED) is 0.512. The van der Waals surface area contributed by atoms with Crippen LogP contribution >= 0.6 is 0 Å².